The molecule has 74 valence electrons. The summed E-state index contributed by atoms with van der Waals surface area (Å²) in [5.74, 6) is 0.251. The van der Waals surface area contributed by atoms with Crippen LogP contribution in [-0.4, -0.2) is 17.9 Å². The lowest BCUT2D eigenvalue weighted by atomic mass is 10.1. The highest BCUT2D eigenvalue weighted by atomic mass is 79.9. The summed E-state index contributed by atoms with van der Waals surface area (Å²) in [5, 5.41) is 0. The topological polar surface area (TPSA) is 34.1 Å². The molecule has 0 radical (unpaired) electrons. The zero-order valence-electron chi connectivity index (χ0n) is 7.30. The lowest BCUT2D eigenvalue weighted by molar-refractivity contribution is 0.0989. The summed E-state index contributed by atoms with van der Waals surface area (Å²) in [6.45, 7) is 0. The molecule has 14 heavy (non-hydrogen) atoms. The van der Waals surface area contributed by atoms with Crippen LogP contribution in [0.2, 0.25) is 0 Å². The van der Waals surface area contributed by atoms with Gasteiger partial charge in [0, 0.05) is 27.9 Å². The molecule has 0 atom stereocenters. The molecular formula is C10H8BrClO2. The first kappa shape index (κ1) is 11.4. The van der Waals surface area contributed by atoms with Crippen molar-refractivity contribution in [2.24, 2.45) is 0 Å². The van der Waals surface area contributed by atoms with E-state index in [2.05, 4.69) is 15.9 Å². The molecule has 1 aromatic rings. The molecule has 0 N–H and O–H groups in total. The second-order valence-corrected chi connectivity index (χ2v) is 3.95. The Balaban J connectivity index is 3.00. The fourth-order valence-corrected chi connectivity index (χ4v) is 1.55. The Bertz CT molecular complexity index is 363. The number of hydrogen-bond donors (Lipinski definition) is 0. The standard InChI is InChI=1S/C10H8BrClO2/c11-9-2-1-7(5-8(9)6-13)10(14)3-4-12/h1-2,5-6H,3-4H2. The minimum atomic E-state index is -0.0457. The number of rotatable bonds is 4. The average molecular weight is 276 g/mol. The Morgan fingerprint density at radius 2 is 2.21 bits per heavy atom. The smallest absolute Gasteiger partial charge is 0.164 e. The molecule has 1 aromatic carbocycles. The van der Waals surface area contributed by atoms with Crippen molar-refractivity contribution in [3.05, 3.63) is 33.8 Å². The Morgan fingerprint density at radius 1 is 1.50 bits per heavy atom. The lowest BCUT2D eigenvalue weighted by Crippen LogP contribution is -2.00. The SMILES string of the molecule is O=Cc1cc(C(=O)CCCl)ccc1Br. The molecule has 0 fully saturated rings. The zero-order chi connectivity index (χ0) is 10.6. The largest absolute Gasteiger partial charge is 0.298 e. The summed E-state index contributed by atoms with van der Waals surface area (Å²) in [5.41, 5.74) is 1.00. The van der Waals surface area contributed by atoms with Gasteiger partial charge in [0.05, 0.1) is 0 Å². The van der Waals surface area contributed by atoms with Gasteiger partial charge in [0.1, 0.15) is 0 Å². The molecule has 0 heterocycles. The van der Waals surface area contributed by atoms with Crippen molar-refractivity contribution >= 4 is 39.6 Å². The fraction of sp³-hybridized carbons (Fsp3) is 0.200. The van der Waals surface area contributed by atoms with Gasteiger partial charge in [0.15, 0.2) is 12.1 Å². The fourth-order valence-electron chi connectivity index (χ4n) is 1.04. The molecule has 4 heteroatoms. The van der Waals surface area contributed by atoms with Crippen LogP contribution in [-0.2, 0) is 0 Å². The zero-order valence-corrected chi connectivity index (χ0v) is 9.64. The molecular weight excluding hydrogens is 267 g/mol. The van der Waals surface area contributed by atoms with Crippen molar-refractivity contribution in [1.29, 1.82) is 0 Å². The van der Waals surface area contributed by atoms with Crippen LogP contribution in [0.1, 0.15) is 27.1 Å². The summed E-state index contributed by atoms with van der Waals surface area (Å²) in [7, 11) is 0. The molecule has 0 amide bonds. The predicted octanol–water partition coefficient (Wildman–Crippen LogP) is 3.07. The number of aldehydes is 1. The summed E-state index contributed by atoms with van der Waals surface area (Å²) in [4.78, 5) is 22.0. The molecule has 0 aliphatic heterocycles. The molecule has 0 spiro atoms. The van der Waals surface area contributed by atoms with Crippen LogP contribution < -0.4 is 0 Å². The number of benzene rings is 1. The van der Waals surface area contributed by atoms with Gasteiger partial charge < -0.3 is 0 Å². The van der Waals surface area contributed by atoms with Gasteiger partial charge in [-0.2, -0.15) is 0 Å². The van der Waals surface area contributed by atoms with Gasteiger partial charge in [-0.05, 0) is 12.1 Å². The van der Waals surface area contributed by atoms with Gasteiger partial charge in [0.25, 0.3) is 0 Å². The Labute approximate surface area is 95.4 Å². The maximum atomic E-state index is 11.4. The van der Waals surface area contributed by atoms with E-state index in [9.17, 15) is 9.59 Å². The van der Waals surface area contributed by atoms with Crippen LogP contribution >= 0.6 is 27.5 Å². The number of halogens is 2. The van der Waals surface area contributed by atoms with E-state index in [0.717, 1.165) is 0 Å². The number of Topliss-reactive ketones (excluding diaryl/α,β-unsaturated/α-hetero) is 1. The number of alkyl halides is 1. The highest BCUT2D eigenvalue weighted by Crippen LogP contribution is 2.17. The maximum Gasteiger partial charge on any atom is 0.164 e. The van der Waals surface area contributed by atoms with Crippen LogP contribution in [0.3, 0.4) is 0 Å². The Morgan fingerprint density at radius 3 is 2.79 bits per heavy atom. The van der Waals surface area contributed by atoms with Crippen LogP contribution in [0, 0.1) is 0 Å². The van der Waals surface area contributed by atoms with Gasteiger partial charge in [-0.25, -0.2) is 0 Å². The first-order valence-electron chi connectivity index (χ1n) is 4.03. The van der Waals surface area contributed by atoms with Gasteiger partial charge in [0.2, 0.25) is 0 Å². The van der Waals surface area contributed by atoms with E-state index in [1.807, 2.05) is 0 Å². The second kappa shape index (κ2) is 5.27. The number of carbonyl (C=O) groups excluding carboxylic acids is 2. The van der Waals surface area contributed by atoms with Crippen LogP contribution in [0.25, 0.3) is 0 Å². The predicted molar refractivity (Wildman–Crippen MR) is 59.2 cm³/mol. The van der Waals surface area contributed by atoms with E-state index in [-0.39, 0.29) is 5.78 Å². The molecule has 0 aliphatic carbocycles. The Kier molecular flexibility index (Phi) is 4.29. The van der Waals surface area contributed by atoms with Crippen molar-refractivity contribution in [1.82, 2.24) is 0 Å². The van der Waals surface area contributed by atoms with Crippen molar-refractivity contribution in [3.63, 3.8) is 0 Å². The quantitative estimate of drug-likeness (QED) is 0.481. The lowest BCUT2D eigenvalue weighted by Gasteiger charge is -2.01. The van der Waals surface area contributed by atoms with Gasteiger partial charge in [-0.15, -0.1) is 11.6 Å². The number of ketones is 1. The molecule has 0 unspecified atom stereocenters. The van der Waals surface area contributed by atoms with E-state index in [0.29, 0.717) is 34.2 Å². The minimum Gasteiger partial charge on any atom is -0.298 e. The molecule has 0 saturated heterocycles. The number of hydrogen-bond acceptors (Lipinski definition) is 2. The highest BCUT2D eigenvalue weighted by Gasteiger charge is 2.07. The van der Waals surface area contributed by atoms with Gasteiger partial charge >= 0.3 is 0 Å². The molecule has 1 rings (SSSR count). The summed E-state index contributed by atoms with van der Waals surface area (Å²) >= 11 is 8.66. The Hall–Kier alpha value is -0.670. The van der Waals surface area contributed by atoms with E-state index in [4.69, 9.17) is 11.6 Å². The minimum absolute atomic E-state index is 0.0457. The number of carbonyl (C=O) groups is 2. The van der Waals surface area contributed by atoms with E-state index in [1.165, 1.54) is 0 Å². The first-order valence-corrected chi connectivity index (χ1v) is 5.35. The van der Waals surface area contributed by atoms with Crippen molar-refractivity contribution in [3.8, 4) is 0 Å². The normalized spacial score (nSPS) is 9.86. The van der Waals surface area contributed by atoms with Crippen molar-refractivity contribution in [2.45, 2.75) is 6.42 Å². The molecule has 0 saturated carbocycles. The van der Waals surface area contributed by atoms with Gasteiger partial charge in [-0.3, -0.25) is 9.59 Å². The highest BCUT2D eigenvalue weighted by molar-refractivity contribution is 9.10. The van der Waals surface area contributed by atoms with E-state index in [1.54, 1.807) is 18.2 Å². The van der Waals surface area contributed by atoms with Crippen molar-refractivity contribution in [2.75, 3.05) is 5.88 Å². The third-order valence-electron chi connectivity index (χ3n) is 1.77. The maximum absolute atomic E-state index is 11.4. The third-order valence-corrected chi connectivity index (χ3v) is 2.68. The summed E-state index contributed by atoms with van der Waals surface area (Å²) in [6, 6.07) is 4.92. The second-order valence-electron chi connectivity index (χ2n) is 2.72. The van der Waals surface area contributed by atoms with Crippen molar-refractivity contribution < 1.29 is 9.59 Å². The molecule has 0 aromatic heterocycles. The summed E-state index contributed by atoms with van der Waals surface area (Å²) < 4.78 is 0.690. The first-order chi connectivity index (χ1) is 6.69. The monoisotopic (exact) mass is 274 g/mol. The van der Waals surface area contributed by atoms with Gasteiger partial charge in [-0.1, -0.05) is 22.0 Å². The summed E-state index contributed by atoms with van der Waals surface area (Å²) in [6.07, 6.45) is 1.00. The van der Waals surface area contributed by atoms with E-state index < -0.39 is 0 Å². The van der Waals surface area contributed by atoms with Crippen LogP contribution in [0.15, 0.2) is 22.7 Å². The van der Waals surface area contributed by atoms with Crippen LogP contribution in [0.4, 0.5) is 0 Å². The van der Waals surface area contributed by atoms with E-state index >= 15 is 0 Å². The third kappa shape index (κ3) is 2.66. The average Bonchev–Trinajstić information content (AvgIpc) is 2.19. The molecule has 2 nitrogen and oxygen atoms in total. The van der Waals surface area contributed by atoms with Crippen LogP contribution in [0.5, 0.6) is 0 Å². The molecule has 0 aliphatic rings. The molecule has 0 bridgehead atoms.